The first-order valence-electron chi connectivity index (χ1n) is 34.6. The number of aromatic nitrogens is 13. The molecule has 0 radical (unpaired) electrons. The Kier molecular flexibility index (Phi) is 29.6. The van der Waals surface area contributed by atoms with Crippen LogP contribution in [0.3, 0.4) is 0 Å². The number of non-ortho nitro benzene ring substituents is 3. The molecule has 4 aliphatic rings. The van der Waals surface area contributed by atoms with Crippen molar-refractivity contribution >= 4 is 250 Å². The molecule has 6 N–H and O–H groups in total. The van der Waals surface area contributed by atoms with Crippen LogP contribution < -0.4 is 31.5 Å². The second kappa shape index (κ2) is 40.1. The van der Waals surface area contributed by atoms with Crippen molar-refractivity contribution in [3.8, 4) is 0 Å². The molecular formula is C71H67BrN22O12S8. The number of nitrogens with zero attached hydrogens (tertiary/aromatic N) is 19. The number of hydrogen-bond acceptors (Lipinski definition) is 35. The number of hydrogen-bond donors (Lipinski definition) is 5. The molecule has 19 rings (SSSR count). The van der Waals surface area contributed by atoms with Crippen molar-refractivity contribution in [1.29, 1.82) is 0 Å². The number of anilines is 5. The van der Waals surface area contributed by atoms with E-state index in [1.54, 1.807) is 34.6 Å². The number of thiazole rings is 1. The van der Waals surface area contributed by atoms with Gasteiger partial charge in [0.15, 0.2) is 0 Å². The Balaban J connectivity index is 0.000000128. The number of rotatable bonds is 10. The van der Waals surface area contributed by atoms with E-state index in [4.69, 9.17) is 16.2 Å². The Morgan fingerprint density at radius 1 is 0.491 bits per heavy atom. The maximum absolute atomic E-state index is 11.9. The maximum atomic E-state index is 11.9. The van der Waals surface area contributed by atoms with Crippen LogP contribution in [0.4, 0.5) is 45.5 Å². The summed E-state index contributed by atoms with van der Waals surface area (Å²) in [6.45, 7) is 4.23. The number of nitrogens with one attached hydrogen (secondary N) is 1. The van der Waals surface area contributed by atoms with E-state index in [1.165, 1.54) is 111 Å². The average molecular weight is 1760 g/mol. The number of carbonyl (C=O) groups is 4. The van der Waals surface area contributed by atoms with Gasteiger partial charge in [-0.15, -0.1) is 54.6 Å². The Bertz CT molecular complexity index is 5490. The molecule has 4 atom stereocenters. The van der Waals surface area contributed by atoms with Gasteiger partial charge in [0.1, 0.15) is 39.3 Å². The molecule has 0 bridgehead atoms. The zero-order valence-corrected chi connectivity index (χ0v) is 68.5. The number of amides is 4. The maximum Gasteiger partial charge on any atom is 0.271 e. The standard InChI is InChI=1S/C12H13N3OS.2C11H11N3O2S.C7H4N2O2S.C6H3BrN2S.C6H3N3O2S.C6H5N3S.C6H6N2O2S.C6H11NO/c1-2-8-4-6-12(16)15(8)9-3-5-10-11(7-9)17-14-13-10;1-16-11-5-4-10(15)14(11)7-2-3-8-9(6-7)17-13-12-8;15-6-8-2-4-11(16)14(8)7-1-3-9-10(5-7)17-13-12-9;10-9(11)5-1-2-6-7(3-5)12-4-8-6;7-4-1-2-5-6(3-4)10-9-8-5;10-9(11)4-1-2-5-6(3-4)12-8-7-5;7-4-1-2-5-6(3-4)10-9-8-5;7-5-2-1-4(8(9)10)3-6(5)11;1-2-5-3-4-6(8)7-5/h3,5,7-8H,2,4,6H2,1H3;2-3,6,11H,4-5H2,1H3;1,3,5,8,15H,2,4,6H2;1-4H;1-3H;1-3H;1-3H,7H2;1-3,11H,7H2;5H,2-4H2,1H3,(H,7,8)/t8-;11-;8-;;;;;;5-/m001.....0/s1. The number of nitrogens with two attached hydrogens (primary N) is 2. The largest absolute Gasteiger partial charge is 0.399 e. The van der Waals surface area contributed by atoms with Crippen molar-refractivity contribution in [2.45, 2.75) is 107 Å². The fraction of sp³-hybridized carbons (Fsp3) is 0.254. The number of halogens is 1. The van der Waals surface area contributed by atoms with E-state index in [9.17, 15) is 54.6 Å². The van der Waals surface area contributed by atoms with Crippen molar-refractivity contribution in [3.63, 3.8) is 0 Å². The fourth-order valence-electron chi connectivity index (χ4n) is 11.7. The summed E-state index contributed by atoms with van der Waals surface area (Å²) in [6, 6.07) is 42.7. The summed E-state index contributed by atoms with van der Waals surface area (Å²) in [5.41, 5.74) is 22.7. The van der Waals surface area contributed by atoms with Crippen LogP contribution in [0.1, 0.15) is 78.1 Å². The molecular weight excluding hydrogens is 1690 g/mol. The summed E-state index contributed by atoms with van der Waals surface area (Å²) in [5, 5.41) is 66.5. The quantitative estimate of drug-likeness (QED) is 0.0367. The fourth-order valence-corrected chi connectivity index (χ4v) is 16.7. The molecule has 0 aliphatic carbocycles. The predicted octanol–water partition coefficient (Wildman–Crippen LogP) is 15.2. The first-order chi connectivity index (χ1) is 55.1. The van der Waals surface area contributed by atoms with E-state index >= 15 is 0 Å². The van der Waals surface area contributed by atoms with Gasteiger partial charge < -0.3 is 36.4 Å². The lowest BCUT2D eigenvalue weighted by molar-refractivity contribution is -0.385. The minimum atomic E-state index is -0.487. The number of thiol groups is 1. The van der Waals surface area contributed by atoms with E-state index in [-0.39, 0.29) is 59.6 Å². The molecule has 0 saturated carbocycles. The Labute approximate surface area is 689 Å². The number of aliphatic hydroxyl groups excluding tert-OH is 1. The first-order valence-corrected chi connectivity index (χ1v) is 41.3. The summed E-state index contributed by atoms with van der Waals surface area (Å²) in [6.07, 6.45) is 7.83. The van der Waals surface area contributed by atoms with E-state index in [1.807, 2.05) is 95.9 Å². The summed E-state index contributed by atoms with van der Waals surface area (Å²) in [5.74, 6) is 0.625. The summed E-state index contributed by atoms with van der Waals surface area (Å²) >= 11 is 16.6. The number of nitrogen functional groups attached to an aromatic ring is 2. The van der Waals surface area contributed by atoms with Gasteiger partial charge in [-0.2, -0.15) is 0 Å². The lowest BCUT2D eigenvalue weighted by Crippen LogP contribution is -2.35. The lowest BCUT2D eigenvalue weighted by Gasteiger charge is -2.23. The van der Waals surface area contributed by atoms with Crippen LogP contribution in [0.15, 0.2) is 160 Å². The molecule has 4 amide bonds. The molecule has 11 heterocycles. The highest BCUT2D eigenvalue weighted by Gasteiger charge is 2.34. The van der Waals surface area contributed by atoms with Gasteiger partial charge in [0.05, 0.1) is 71.3 Å². The van der Waals surface area contributed by atoms with E-state index in [2.05, 4.69) is 110 Å². The molecule has 4 saturated heterocycles. The summed E-state index contributed by atoms with van der Waals surface area (Å²) < 4.78 is 36.1. The molecule has 0 unspecified atom stereocenters. The zero-order valence-electron chi connectivity index (χ0n) is 60.3. The van der Waals surface area contributed by atoms with E-state index in [0.717, 1.165) is 143 Å². The predicted molar refractivity (Wildman–Crippen MR) is 452 cm³/mol. The van der Waals surface area contributed by atoms with Gasteiger partial charge in [0, 0.05) is 126 Å². The van der Waals surface area contributed by atoms with Gasteiger partial charge in [0.25, 0.3) is 17.1 Å². The third kappa shape index (κ3) is 21.8. The van der Waals surface area contributed by atoms with Gasteiger partial charge in [-0.1, -0.05) is 56.7 Å². The highest BCUT2D eigenvalue weighted by atomic mass is 79.9. The number of methoxy groups -OCH3 is 1. The second-order valence-electron chi connectivity index (χ2n) is 24.8. The number of nitro groups is 3. The van der Waals surface area contributed by atoms with Crippen molar-refractivity contribution in [2.75, 3.05) is 39.9 Å². The molecule has 0 spiro atoms. The third-order valence-electron chi connectivity index (χ3n) is 17.5. The molecule has 7 aromatic heterocycles. The van der Waals surface area contributed by atoms with Gasteiger partial charge >= 0.3 is 0 Å². The van der Waals surface area contributed by atoms with Crippen LogP contribution in [0, 0.1) is 30.3 Å². The first kappa shape index (κ1) is 83.9. The van der Waals surface area contributed by atoms with Crippen LogP contribution in [-0.4, -0.2) is 144 Å². The second-order valence-corrected chi connectivity index (χ2v) is 31.8. The monoisotopic (exact) mass is 1750 g/mol. The van der Waals surface area contributed by atoms with Crippen molar-refractivity contribution in [3.05, 3.63) is 186 Å². The molecule has 4 aliphatic heterocycles. The molecule has 4 fully saturated rings. The number of nitro benzene ring substituents is 3. The molecule has 34 nitrogen and oxygen atoms in total. The number of benzene rings is 8. The van der Waals surface area contributed by atoms with Gasteiger partial charge in [-0.25, -0.2) is 4.98 Å². The van der Waals surface area contributed by atoms with Gasteiger partial charge in [-0.05, 0) is 210 Å². The molecule has 588 valence electrons. The molecule has 8 aromatic carbocycles. The van der Waals surface area contributed by atoms with Crippen molar-refractivity contribution in [1.82, 2.24) is 67.8 Å². The van der Waals surface area contributed by atoms with Crippen LogP contribution in [0.2, 0.25) is 0 Å². The van der Waals surface area contributed by atoms with Gasteiger partial charge in [-0.3, -0.25) is 54.4 Å². The van der Waals surface area contributed by atoms with Crippen molar-refractivity contribution in [2.24, 2.45) is 0 Å². The van der Waals surface area contributed by atoms with Gasteiger partial charge in [0.2, 0.25) is 23.6 Å². The summed E-state index contributed by atoms with van der Waals surface area (Å²) in [4.78, 5) is 85.4. The average Bonchev–Trinajstić information content (AvgIpc) is 1.66. The van der Waals surface area contributed by atoms with E-state index in [0.29, 0.717) is 53.9 Å². The molecule has 43 heteroatoms. The number of aliphatic hydroxyl groups is 1. The SMILES string of the molecule is Brc1ccc2nnsc2c1.CC[C@H]1CCC(=O)N1.CC[C@H]1CCC(=O)N1c1ccc2nnsc2c1.CO[C@H]1CCC(=O)N1c1ccc2nnsc2c1.Nc1ccc([N+](=O)[O-])cc1S.Nc1ccc2nnsc2c1.O=C1CC[C@H](CO)N1c1ccc2nnsc2c1.O=[N+]([O-])c1ccc2ncsc2c1.O=[N+]([O-])c1ccc2nnsc2c1. The highest BCUT2D eigenvalue weighted by Crippen LogP contribution is 2.35. The van der Waals surface area contributed by atoms with Crippen molar-refractivity contribution < 1.29 is 43.8 Å². The minimum absolute atomic E-state index is 0.00389. The molecule has 15 aromatic rings. The van der Waals surface area contributed by atoms with Crippen LogP contribution in [0.5, 0.6) is 0 Å². The van der Waals surface area contributed by atoms with Crippen LogP contribution in [0.25, 0.3) is 71.5 Å². The molecule has 114 heavy (non-hydrogen) atoms. The highest BCUT2D eigenvalue weighted by molar-refractivity contribution is 9.10. The normalized spacial score (nSPS) is 16.0. The van der Waals surface area contributed by atoms with Crippen LogP contribution >= 0.6 is 109 Å². The Morgan fingerprint density at radius 3 is 1.35 bits per heavy atom. The topological polar surface area (TPSA) is 469 Å². The van der Waals surface area contributed by atoms with E-state index < -0.39 is 14.8 Å². The number of fused-ring (bicyclic) bond motifs is 7. The number of carbonyl (C=O) groups excluding carboxylic acids is 4. The smallest absolute Gasteiger partial charge is 0.271 e. The van der Waals surface area contributed by atoms with Crippen LogP contribution in [-0.2, 0) is 23.9 Å². The Hall–Kier alpha value is -11.0. The minimum Gasteiger partial charge on any atom is -0.399 e. The summed E-state index contributed by atoms with van der Waals surface area (Å²) in [7, 11) is 1.63. The lowest BCUT2D eigenvalue weighted by atomic mass is 10.1. The third-order valence-corrected chi connectivity index (χ3v) is 23.3. The number of ether oxygens (including phenoxy) is 1. The Morgan fingerprint density at radius 2 is 0.895 bits per heavy atom. The zero-order chi connectivity index (χ0) is 81.0.